The summed E-state index contributed by atoms with van der Waals surface area (Å²) in [5.74, 6) is -0.698. The molecule has 4 rings (SSSR count). The lowest BCUT2D eigenvalue weighted by molar-refractivity contribution is -0.139. The highest BCUT2D eigenvalue weighted by Crippen LogP contribution is 2.41. The highest BCUT2D eigenvalue weighted by atomic mass is 19.1. The molecule has 0 saturated heterocycles. The van der Waals surface area contributed by atoms with E-state index < -0.39 is 24.6 Å². The Labute approximate surface area is 202 Å². The molecule has 3 N–H and O–H groups in total. The largest absolute Gasteiger partial charge is 0.481 e. The number of halogens is 2. The molecule has 1 saturated carbocycles. The molecule has 1 aromatic heterocycles. The lowest BCUT2D eigenvalue weighted by Gasteiger charge is -2.26. The highest BCUT2D eigenvalue weighted by Gasteiger charge is 2.28. The van der Waals surface area contributed by atoms with Gasteiger partial charge in [-0.3, -0.25) is 4.79 Å². The van der Waals surface area contributed by atoms with Gasteiger partial charge in [0.05, 0.1) is 30.0 Å². The van der Waals surface area contributed by atoms with Gasteiger partial charge in [0.2, 0.25) is 0 Å². The number of aliphatic carboxylic acids is 1. The summed E-state index contributed by atoms with van der Waals surface area (Å²) in [4.78, 5) is 15.7. The molecular formula is C27H28F2N2O4. The Bertz CT molecular complexity index is 1190. The molecule has 2 unspecified atom stereocenters. The molecule has 35 heavy (non-hydrogen) atoms. The third-order valence-electron chi connectivity index (χ3n) is 6.27. The number of rotatable bonds is 10. The molecule has 0 bridgehead atoms. The summed E-state index contributed by atoms with van der Waals surface area (Å²) in [6.45, 7) is 0.360. The van der Waals surface area contributed by atoms with E-state index >= 15 is 0 Å². The third kappa shape index (κ3) is 6.01. The van der Waals surface area contributed by atoms with Gasteiger partial charge in [0.1, 0.15) is 17.5 Å². The van der Waals surface area contributed by atoms with Crippen LogP contribution in [0.3, 0.4) is 0 Å². The lowest BCUT2D eigenvalue weighted by atomic mass is 9.85. The number of nitrogens with zero attached hydrogens (tertiary/aromatic N) is 2. The predicted molar refractivity (Wildman–Crippen MR) is 128 cm³/mol. The van der Waals surface area contributed by atoms with Crippen molar-refractivity contribution in [1.29, 1.82) is 0 Å². The Morgan fingerprint density at radius 1 is 1.03 bits per heavy atom. The second-order valence-corrected chi connectivity index (χ2v) is 8.90. The number of hydrogen-bond acceptors (Lipinski definition) is 4. The van der Waals surface area contributed by atoms with E-state index in [9.17, 15) is 23.8 Å². The summed E-state index contributed by atoms with van der Waals surface area (Å²) in [5.41, 5.74) is 2.94. The van der Waals surface area contributed by atoms with Crippen molar-refractivity contribution in [2.45, 2.75) is 56.8 Å². The summed E-state index contributed by atoms with van der Waals surface area (Å²) in [7, 11) is 0. The molecule has 1 heterocycles. The molecule has 0 spiro atoms. The van der Waals surface area contributed by atoms with Gasteiger partial charge in [0.15, 0.2) is 0 Å². The SMILES string of the molecule is O=C(O)CC(O)CC(O)/C=C/Cn1c(C2CCC2)nc(-c2ccc(F)cc2)c1-c1ccc(F)cc1. The summed E-state index contributed by atoms with van der Waals surface area (Å²) in [5, 5.41) is 28.8. The summed E-state index contributed by atoms with van der Waals surface area (Å²) >= 11 is 0. The van der Waals surface area contributed by atoms with Gasteiger partial charge in [0.25, 0.3) is 0 Å². The van der Waals surface area contributed by atoms with Gasteiger partial charge in [0, 0.05) is 30.0 Å². The fourth-order valence-corrected chi connectivity index (χ4v) is 4.31. The molecule has 2 aromatic carbocycles. The van der Waals surface area contributed by atoms with E-state index in [0.717, 1.165) is 41.9 Å². The molecular weight excluding hydrogens is 454 g/mol. The van der Waals surface area contributed by atoms with Crippen molar-refractivity contribution in [3.8, 4) is 22.5 Å². The van der Waals surface area contributed by atoms with Crippen molar-refractivity contribution < 1.29 is 28.9 Å². The maximum Gasteiger partial charge on any atom is 0.305 e. The average molecular weight is 483 g/mol. The van der Waals surface area contributed by atoms with Crippen molar-refractivity contribution in [3.05, 3.63) is 78.1 Å². The first kappa shape index (κ1) is 24.8. The van der Waals surface area contributed by atoms with Crippen LogP contribution >= 0.6 is 0 Å². The van der Waals surface area contributed by atoms with Crippen LogP contribution in [-0.2, 0) is 11.3 Å². The van der Waals surface area contributed by atoms with Gasteiger partial charge in [-0.15, -0.1) is 0 Å². The molecule has 1 aliphatic carbocycles. The minimum absolute atomic E-state index is 0.0894. The molecule has 8 heteroatoms. The molecule has 0 aliphatic heterocycles. The monoisotopic (exact) mass is 482 g/mol. The number of aliphatic hydroxyl groups is 2. The fourth-order valence-electron chi connectivity index (χ4n) is 4.31. The molecule has 184 valence electrons. The van der Waals surface area contributed by atoms with E-state index in [0.29, 0.717) is 12.2 Å². The van der Waals surface area contributed by atoms with Crippen LogP contribution in [0.4, 0.5) is 8.78 Å². The minimum Gasteiger partial charge on any atom is -0.481 e. The van der Waals surface area contributed by atoms with Gasteiger partial charge in [-0.05, 0) is 61.4 Å². The van der Waals surface area contributed by atoms with E-state index in [2.05, 4.69) is 0 Å². The smallest absolute Gasteiger partial charge is 0.305 e. The quantitative estimate of drug-likeness (QED) is 0.357. The number of aliphatic hydroxyl groups excluding tert-OH is 2. The van der Waals surface area contributed by atoms with Crippen LogP contribution in [0.15, 0.2) is 60.7 Å². The Hall–Kier alpha value is -3.36. The number of aromatic nitrogens is 2. The van der Waals surface area contributed by atoms with Gasteiger partial charge >= 0.3 is 5.97 Å². The van der Waals surface area contributed by atoms with Gasteiger partial charge in [-0.1, -0.05) is 18.6 Å². The Morgan fingerprint density at radius 2 is 1.63 bits per heavy atom. The molecule has 1 aliphatic rings. The summed E-state index contributed by atoms with van der Waals surface area (Å²) in [6.07, 6.45) is 3.70. The number of benzene rings is 2. The molecule has 1 fully saturated rings. The van der Waals surface area contributed by atoms with E-state index in [4.69, 9.17) is 10.1 Å². The normalized spacial score (nSPS) is 15.8. The molecule has 0 amide bonds. The molecule has 0 radical (unpaired) electrons. The Kier molecular flexibility index (Phi) is 7.73. The number of hydrogen-bond donors (Lipinski definition) is 3. The second-order valence-electron chi connectivity index (χ2n) is 8.90. The van der Waals surface area contributed by atoms with Gasteiger partial charge in [-0.25, -0.2) is 13.8 Å². The first-order chi connectivity index (χ1) is 16.8. The van der Waals surface area contributed by atoms with E-state index in [1.165, 1.54) is 30.3 Å². The van der Waals surface area contributed by atoms with Crippen molar-refractivity contribution in [2.24, 2.45) is 0 Å². The Morgan fingerprint density at radius 3 is 2.17 bits per heavy atom. The molecule has 3 aromatic rings. The highest BCUT2D eigenvalue weighted by molar-refractivity contribution is 5.79. The number of carboxylic acid groups (broad SMARTS) is 1. The summed E-state index contributed by atoms with van der Waals surface area (Å²) in [6, 6.07) is 12.2. The average Bonchev–Trinajstić information content (AvgIpc) is 3.11. The zero-order valence-electron chi connectivity index (χ0n) is 19.1. The van der Waals surface area contributed by atoms with Crippen molar-refractivity contribution in [1.82, 2.24) is 9.55 Å². The van der Waals surface area contributed by atoms with Crippen molar-refractivity contribution >= 4 is 5.97 Å². The Balaban J connectivity index is 1.70. The molecule has 6 nitrogen and oxygen atoms in total. The van der Waals surface area contributed by atoms with E-state index in [1.807, 2.05) is 4.57 Å². The van der Waals surface area contributed by atoms with Crippen LogP contribution < -0.4 is 0 Å². The zero-order chi connectivity index (χ0) is 24.9. The van der Waals surface area contributed by atoms with Crippen LogP contribution in [0, 0.1) is 11.6 Å². The first-order valence-electron chi connectivity index (χ1n) is 11.7. The maximum absolute atomic E-state index is 13.7. The summed E-state index contributed by atoms with van der Waals surface area (Å²) < 4.78 is 29.3. The van der Waals surface area contributed by atoms with Gasteiger partial charge in [-0.2, -0.15) is 0 Å². The van der Waals surface area contributed by atoms with E-state index in [-0.39, 0.29) is 24.0 Å². The van der Waals surface area contributed by atoms with E-state index in [1.54, 1.807) is 30.3 Å². The van der Waals surface area contributed by atoms with Crippen LogP contribution in [-0.4, -0.2) is 43.0 Å². The fraction of sp³-hybridized carbons (Fsp3) is 0.333. The first-order valence-corrected chi connectivity index (χ1v) is 11.7. The molecule has 2 atom stereocenters. The zero-order valence-corrected chi connectivity index (χ0v) is 19.1. The predicted octanol–water partition coefficient (Wildman–Crippen LogP) is 4.91. The third-order valence-corrected chi connectivity index (χ3v) is 6.27. The number of imidazole rings is 1. The van der Waals surface area contributed by atoms with Crippen LogP contribution in [0.1, 0.15) is 43.8 Å². The number of carboxylic acids is 1. The van der Waals surface area contributed by atoms with Crippen LogP contribution in [0.2, 0.25) is 0 Å². The number of allylic oxidation sites excluding steroid dienone is 1. The minimum atomic E-state index is -1.15. The maximum atomic E-state index is 13.7. The van der Waals surface area contributed by atoms with Crippen molar-refractivity contribution in [3.63, 3.8) is 0 Å². The standard InChI is InChI=1S/C27H28F2N2O4/c28-20-10-6-17(7-11-20)25-26(18-8-12-21(29)13-9-18)31(27(30-25)19-3-1-4-19)14-2-5-22(32)15-23(33)16-24(34)35/h2,5-13,19,22-23,32-33H,1,3-4,14-16H2,(H,34,35)/b5-2+. The number of carbonyl (C=O) groups is 1. The van der Waals surface area contributed by atoms with Crippen LogP contribution in [0.25, 0.3) is 22.5 Å². The second kappa shape index (κ2) is 10.9. The van der Waals surface area contributed by atoms with Crippen molar-refractivity contribution in [2.75, 3.05) is 0 Å². The lowest BCUT2D eigenvalue weighted by Crippen LogP contribution is -2.19. The topological polar surface area (TPSA) is 95.6 Å². The van der Waals surface area contributed by atoms with Gasteiger partial charge < -0.3 is 19.9 Å². The van der Waals surface area contributed by atoms with Crippen LogP contribution in [0.5, 0.6) is 0 Å².